The summed E-state index contributed by atoms with van der Waals surface area (Å²) in [5.41, 5.74) is 5.35. The molecule has 0 spiro atoms. The highest BCUT2D eigenvalue weighted by Crippen LogP contribution is 2.32. The zero-order valence-corrected chi connectivity index (χ0v) is 13.6. The second kappa shape index (κ2) is 7.23. The van der Waals surface area contributed by atoms with Crippen LogP contribution in [0.15, 0.2) is 23.1 Å². The summed E-state index contributed by atoms with van der Waals surface area (Å²) in [6.07, 6.45) is 0.713. The Hall–Kier alpha value is -1.42. The van der Waals surface area contributed by atoms with Gasteiger partial charge in [0.15, 0.2) is 0 Å². The second-order valence-corrected chi connectivity index (χ2v) is 6.75. The first kappa shape index (κ1) is 18.6. The quantitative estimate of drug-likeness (QED) is 0.624. The predicted octanol–water partition coefficient (Wildman–Crippen LogP) is 0.994. The lowest BCUT2D eigenvalue weighted by Crippen LogP contribution is -2.30. The maximum atomic E-state index is 12.6. The Morgan fingerprint density at radius 1 is 1.50 bits per heavy atom. The average Bonchev–Trinajstić information content (AvgIpc) is 2.96. The number of nitro benzene ring substituents is 1. The number of methoxy groups -OCH3 is 1. The summed E-state index contributed by atoms with van der Waals surface area (Å²) in [7, 11) is -2.45. The van der Waals surface area contributed by atoms with Crippen LogP contribution < -0.4 is 10.5 Å². The second-order valence-electron chi connectivity index (χ2n) is 4.85. The highest BCUT2D eigenvalue weighted by molar-refractivity contribution is 7.89. The van der Waals surface area contributed by atoms with Crippen LogP contribution in [-0.4, -0.2) is 44.4 Å². The summed E-state index contributed by atoms with van der Waals surface area (Å²) in [5.74, 6) is 0.115. The van der Waals surface area contributed by atoms with Crippen molar-refractivity contribution >= 4 is 28.1 Å². The predicted molar refractivity (Wildman–Crippen MR) is 82.8 cm³/mol. The highest BCUT2D eigenvalue weighted by atomic mass is 35.5. The van der Waals surface area contributed by atoms with Gasteiger partial charge in [-0.15, -0.1) is 12.4 Å². The zero-order valence-electron chi connectivity index (χ0n) is 12.0. The van der Waals surface area contributed by atoms with Gasteiger partial charge in [0, 0.05) is 19.2 Å². The molecule has 1 saturated heterocycles. The van der Waals surface area contributed by atoms with E-state index in [0.29, 0.717) is 26.1 Å². The summed E-state index contributed by atoms with van der Waals surface area (Å²) in [6, 6.07) is 3.48. The van der Waals surface area contributed by atoms with Gasteiger partial charge in [0.1, 0.15) is 10.6 Å². The molecule has 1 atom stereocenters. The number of hydrogen-bond acceptors (Lipinski definition) is 6. The van der Waals surface area contributed by atoms with Gasteiger partial charge >= 0.3 is 0 Å². The summed E-state index contributed by atoms with van der Waals surface area (Å²) in [4.78, 5) is 10.1. The molecule has 0 amide bonds. The van der Waals surface area contributed by atoms with Gasteiger partial charge < -0.3 is 10.5 Å². The lowest BCUT2D eigenvalue weighted by atomic mass is 10.1. The molecule has 2 N–H and O–H groups in total. The lowest BCUT2D eigenvalue weighted by Gasteiger charge is -2.18. The van der Waals surface area contributed by atoms with Crippen molar-refractivity contribution in [3.8, 4) is 5.75 Å². The molecule has 0 aliphatic carbocycles. The van der Waals surface area contributed by atoms with Crippen molar-refractivity contribution in [2.45, 2.75) is 11.3 Å². The van der Waals surface area contributed by atoms with E-state index in [2.05, 4.69) is 0 Å². The topological polar surface area (TPSA) is 116 Å². The molecule has 22 heavy (non-hydrogen) atoms. The molecule has 0 aromatic heterocycles. The minimum absolute atomic E-state index is 0. The number of sulfonamides is 1. The van der Waals surface area contributed by atoms with E-state index < -0.39 is 14.9 Å². The number of nitrogens with two attached hydrogens (primary N) is 1. The maximum Gasteiger partial charge on any atom is 0.273 e. The molecule has 1 aliphatic rings. The normalized spacial score (nSPS) is 18.7. The number of ether oxygens (including phenoxy) is 1. The molecule has 1 aromatic carbocycles. The number of nitrogens with zero attached hydrogens (tertiary/aromatic N) is 2. The van der Waals surface area contributed by atoms with Crippen LogP contribution in [0, 0.1) is 16.0 Å². The molecule has 124 valence electrons. The Morgan fingerprint density at radius 2 is 2.18 bits per heavy atom. The van der Waals surface area contributed by atoms with E-state index in [9.17, 15) is 18.5 Å². The zero-order chi connectivity index (χ0) is 15.6. The first-order chi connectivity index (χ1) is 9.90. The fourth-order valence-electron chi connectivity index (χ4n) is 2.33. The van der Waals surface area contributed by atoms with E-state index in [0.717, 1.165) is 12.1 Å². The maximum absolute atomic E-state index is 12.6. The van der Waals surface area contributed by atoms with Gasteiger partial charge in [0.2, 0.25) is 10.0 Å². The number of rotatable bonds is 5. The molecule has 1 fully saturated rings. The van der Waals surface area contributed by atoms with Crippen LogP contribution in [0.5, 0.6) is 5.75 Å². The molecule has 8 nitrogen and oxygen atoms in total. The fraction of sp³-hybridized carbons (Fsp3) is 0.500. The first-order valence-electron chi connectivity index (χ1n) is 6.42. The average molecular weight is 352 g/mol. The standard InChI is InChI=1S/C12H17N3O5S.ClH/c1-20-11-6-10(15(16)17)2-3-12(11)21(18,19)14-5-4-9(7-13)8-14;/h2-3,6,9H,4-5,7-8,13H2,1H3;1H. The monoisotopic (exact) mass is 351 g/mol. The Morgan fingerprint density at radius 3 is 2.68 bits per heavy atom. The number of benzene rings is 1. The van der Waals surface area contributed by atoms with Crippen molar-refractivity contribution in [2.75, 3.05) is 26.7 Å². The molecule has 1 aromatic rings. The largest absolute Gasteiger partial charge is 0.495 e. The number of hydrogen-bond donors (Lipinski definition) is 1. The molecule has 1 unspecified atom stereocenters. The van der Waals surface area contributed by atoms with E-state index in [-0.39, 0.29) is 34.7 Å². The fourth-order valence-corrected chi connectivity index (χ4v) is 4.00. The van der Waals surface area contributed by atoms with Gasteiger partial charge in [-0.3, -0.25) is 10.1 Å². The molecule has 1 aliphatic heterocycles. The Labute approximate surface area is 134 Å². The first-order valence-corrected chi connectivity index (χ1v) is 7.86. The van der Waals surface area contributed by atoms with E-state index >= 15 is 0 Å². The Balaban J connectivity index is 0.00000242. The Bertz CT molecular complexity index is 652. The smallest absolute Gasteiger partial charge is 0.273 e. The highest BCUT2D eigenvalue weighted by Gasteiger charge is 2.34. The minimum Gasteiger partial charge on any atom is -0.495 e. The molecular formula is C12H18ClN3O5S. The van der Waals surface area contributed by atoms with Crippen LogP contribution in [0.25, 0.3) is 0 Å². The van der Waals surface area contributed by atoms with Gasteiger partial charge in [0.25, 0.3) is 5.69 Å². The van der Waals surface area contributed by atoms with Gasteiger partial charge in [-0.2, -0.15) is 4.31 Å². The van der Waals surface area contributed by atoms with Gasteiger partial charge in [-0.25, -0.2) is 8.42 Å². The third kappa shape index (κ3) is 3.49. The summed E-state index contributed by atoms with van der Waals surface area (Å²) in [6.45, 7) is 1.19. The van der Waals surface area contributed by atoms with Crippen LogP contribution in [0.4, 0.5) is 5.69 Å². The number of non-ortho nitro benzene ring substituents is 1. The molecule has 1 heterocycles. The lowest BCUT2D eigenvalue weighted by molar-refractivity contribution is -0.385. The van der Waals surface area contributed by atoms with E-state index in [1.54, 1.807) is 0 Å². The van der Waals surface area contributed by atoms with Gasteiger partial charge in [0.05, 0.1) is 18.1 Å². The molecule has 0 bridgehead atoms. The van der Waals surface area contributed by atoms with Crippen LogP contribution in [0.3, 0.4) is 0 Å². The van der Waals surface area contributed by atoms with Crippen LogP contribution in [0.2, 0.25) is 0 Å². The van der Waals surface area contributed by atoms with E-state index in [1.807, 2.05) is 0 Å². The number of halogens is 1. The third-order valence-electron chi connectivity index (χ3n) is 3.56. The molecule has 0 saturated carbocycles. The SMILES string of the molecule is COc1cc([N+](=O)[O-])ccc1S(=O)(=O)N1CCC(CN)C1.Cl. The van der Waals surface area contributed by atoms with Crippen molar-refractivity contribution in [3.63, 3.8) is 0 Å². The van der Waals surface area contributed by atoms with Crippen molar-refractivity contribution in [1.29, 1.82) is 0 Å². The van der Waals surface area contributed by atoms with Gasteiger partial charge in [-0.05, 0) is 24.9 Å². The molecule has 10 heteroatoms. The van der Waals surface area contributed by atoms with Crippen molar-refractivity contribution in [3.05, 3.63) is 28.3 Å². The molecule has 0 radical (unpaired) electrons. The van der Waals surface area contributed by atoms with E-state index in [4.69, 9.17) is 10.5 Å². The number of nitro groups is 1. The molecular weight excluding hydrogens is 334 g/mol. The van der Waals surface area contributed by atoms with E-state index in [1.165, 1.54) is 17.5 Å². The summed E-state index contributed by atoms with van der Waals surface area (Å²) in [5, 5.41) is 10.7. The van der Waals surface area contributed by atoms with Crippen molar-refractivity contribution in [1.82, 2.24) is 4.31 Å². The minimum atomic E-state index is -3.74. The molecule has 2 rings (SSSR count). The van der Waals surface area contributed by atoms with Crippen molar-refractivity contribution in [2.24, 2.45) is 11.7 Å². The summed E-state index contributed by atoms with van der Waals surface area (Å²) < 4.78 is 31.5. The van der Waals surface area contributed by atoms with Crippen LogP contribution in [-0.2, 0) is 10.0 Å². The Kier molecular flexibility index (Phi) is 6.12. The third-order valence-corrected chi connectivity index (χ3v) is 5.46. The van der Waals surface area contributed by atoms with Crippen molar-refractivity contribution < 1.29 is 18.1 Å². The van der Waals surface area contributed by atoms with Gasteiger partial charge in [-0.1, -0.05) is 0 Å². The summed E-state index contributed by atoms with van der Waals surface area (Å²) >= 11 is 0. The van der Waals surface area contributed by atoms with Crippen LogP contribution in [0.1, 0.15) is 6.42 Å². The van der Waals surface area contributed by atoms with Crippen LogP contribution >= 0.6 is 12.4 Å².